The summed E-state index contributed by atoms with van der Waals surface area (Å²) in [5.41, 5.74) is 1.25. The first-order valence-corrected chi connectivity index (χ1v) is 5.70. The van der Waals surface area contributed by atoms with E-state index in [0.29, 0.717) is 0 Å². The molecule has 2 aromatic rings. The smallest absolute Gasteiger partial charge is 0.455 e. The van der Waals surface area contributed by atoms with E-state index in [2.05, 4.69) is 9.71 Å². The molecule has 0 radical (unpaired) electrons. The fourth-order valence-corrected chi connectivity index (χ4v) is 2.39. The molecule has 1 heterocycles. The van der Waals surface area contributed by atoms with Crippen LogP contribution in [0.5, 0.6) is 0 Å². The number of benzene rings is 1. The molecule has 0 saturated heterocycles. The third kappa shape index (κ3) is 2.17. The highest BCUT2D eigenvalue weighted by Gasteiger charge is 2.26. The average molecular weight is 245 g/mol. The van der Waals surface area contributed by atoms with Crippen LogP contribution in [-0.4, -0.2) is 13.1 Å². The molecular formula is C12H9N2O2S+. The van der Waals surface area contributed by atoms with E-state index in [1.54, 1.807) is 6.07 Å². The zero-order chi connectivity index (χ0) is 12.3. The third-order valence-corrected chi connectivity index (χ3v) is 3.34. The van der Waals surface area contributed by atoms with Gasteiger partial charge in [0.25, 0.3) is 0 Å². The Morgan fingerprint density at radius 1 is 1.35 bits per heavy atom. The van der Waals surface area contributed by atoms with Crippen molar-refractivity contribution >= 4 is 22.3 Å². The van der Waals surface area contributed by atoms with Crippen molar-refractivity contribution in [3.8, 4) is 10.4 Å². The first-order valence-electron chi connectivity index (χ1n) is 4.89. The summed E-state index contributed by atoms with van der Waals surface area (Å²) in [6.07, 6.45) is 0. The molecule has 0 aliphatic rings. The minimum atomic E-state index is -0.503. The van der Waals surface area contributed by atoms with E-state index in [-0.39, 0.29) is 10.6 Å². The quantitative estimate of drug-likeness (QED) is 0.599. The van der Waals surface area contributed by atoms with E-state index in [4.69, 9.17) is 5.39 Å². The Labute approximate surface area is 102 Å². The van der Waals surface area contributed by atoms with Crippen LogP contribution in [0.25, 0.3) is 15.4 Å². The molecule has 0 spiro atoms. The van der Waals surface area contributed by atoms with Crippen molar-refractivity contribution in [2.75, 3.05) is 7.11 Å². The molecule has 0 bridgehead atoms. The number of hydrogen-bond acceptors (Lipinski definition) is 4. The summed E-state index contributed by atoms with van der Waals surface area (Å²) in [4.78, 5) is 15.4. The molecule has 0 amide bonds. The van der Waals surface area contributed by atoms with E-state index in [1.165, 1.54) is 18.4 Å². The first kappa shape index (κ1) is 11.3. The fourth-order valence-electron chi connectivity index (χ4n) is 1.46. The van der Waals surface area contributed by atoms with Gasteiger partial charge < -0.3 is 4.74 Å². The fraction of sp³-hybridized carbons (Fsp3) is 0.0833. The second-order valence-electron chi connectivity index (χ2n) is 3.29. The summed E-state index contributed by atoms with van der Waals surface area (Å²) in [7, 11) is 1.29. The summed E-state index contributed by atoms with van der Waals surface area (Å²) in [5.74, 6) is -0.503. The average Bonchev–Trinajstić information content (AvgIpc) is 2.83. The molecule has 0 aliphatic carbocycles. The lowest BCUT2D eigenvalue weighted by Crippen LogP contribution is -1.98. The minimum absolute atomic E-state index is 0.260. The van der Waals surface area contributed by atoms with E-state index < -0.39 is 5.97 Å². The molecule has 1 aromatic carbocycles. The molecule has 4 nitrogen and oxygen atoms in total. The highest BCUT2D eigenvalue weighted by atomic mass is 32.1. The molecule has 84 valence electrons. The Balaban J connectivity index is 2.50. The molecular weight excluding hydrogens is 236 g/mol. The third-order valence-electron chi connectivity index (χ3n) is 2.27. The number of methoxy groups -OCH3 is 1. The molecule has 0 aliphatic heterocycles. The Bertz CT molecular complexity index is 584. The number of thiophene rings is 1. The van der Waals surface area contributed by atoms with Crippen LogP contribution in [0.2, 0.25) is 0 Å². The van der Waals surface area contributed by atoms with Gasteiger partial charge in [0, 0.05) is 4.88 Å². The lowest BCUT2D eigenvalue weighted by molar-refractivity contribution is 0.0602. The lowest BCUT2D eigenvalue weighted by Gasteiger charge is -1.93. The van der Waals surface area contributed by atoms with Crippen LogP contribution in [0, 0.1) is 5.39 Å². The van der Waals surface area contributed by atoms with E-state index in [0.717, 1.165) is 10.4 Å². The number of carbonyl (C=O) groups excluding carboxylic acids is 1. The molecule has 0 fully saturated rings. The summed E-state index contributed by atoms with van der Waals surface area (Å²) >= 11 is 1.24. The van der Waals surface area contributed by atoms with Gasteiger partial charge in [-0.05, 0) is 23.0 Å². The van der Waals surface area contributed by atoms with Crippen molar-refractivity contribution < 1.29 is 9.53 Å². The van der Waals surface area contributed by atoms with Crippen LogP contribution < -0.4 is 0 Å². The molecule has 0 saturated carbocycles. The summed E-state index contributed by atoms with van der Waals surface area (Å²) < 4.78 is 4.62. The summed E-state index contributed by atoms with van der Waals surface area (Å²) in [6.45, 7) is 0. The normalized spacial score (nSPS) is 9.65. The van der Waals surface area contributed by atoms with Crippen LogP contribution >= 0.6 is 11.3 Å². The van der Waals surface area contributed by atoms with Gasteiger partial charge in [-0.15, -0.1) is 0 Å². The van der Waals surface area contributed by atoms with Gasteiger partial charge in [0.15, 0.2) is 10.5 Å². The largest absolute Gasteiger partial charge is 0.465 e. The van der Waals surface area contributed by atoms with E-state index in [1.807, 2.05) is 30.3 Å². The van der Waals surface area contributed by atoms with Crippen LogP contribution in [-0.2, 0) is 4.74 Å². The number of nitrogens with zero attached hydrogens (tertiary/aromatic N) is 2. The Morgan fingerprint density at radius 3 is 2.65 bits per heavy atom. The van der Waals surface area contributed by atoms with Crippen LogP contribution in [0.4, 0.5) is 5.00 Å². The number of carbonyl (C=O) groups is 1. The predicted octanol–water partition coefficient (Wildman–Crippen LogP) is 3.69. The Morgan fingerprint density at radius 2 is 2.06 bits per heavy atom. The number of diazo groups is 1. The number of ether oxygens (including phenoxy) is 1. The highest BCUT2D eigenvalue weighted by Crippen LogP contribution is 2.37. The molecule has 0 unspecified atom stereocenters. The van der Waals surface area contributed by atoms with Gasteiger partial charge in [0.05, 0.1) is 7.11 Å². The first-order chi connectivity index (χ1) is 8.26. The molecule has 0 atom stereocenters. The minimum Gasteiger partial charge on any atom is -0.465 e. The molecule has 17 heavy (non-hydrogen) atoms. The highest BCUT2D eigenvalue weighted by molar-refractivity contribution is 7.20. The summed E-state index contributed by atoms with van der Waals surface area (Å²) in [6, 6.07) is 11.2. The standard InChI is InChI=1S/C12H9N2O2S/c1-16-12(15)9-7-10(17-11(9)14-13)8-5-3-2-4-6-8/h2-7H,1H3/q+1. The maximum Gasteiger partial charge on any atom is 0.455 e. The van der Waals surface area contributed by atoms with Crippen molar-refractivity contribution in [1.29, 1.82) is 5.39 Å². The molecule has 5 heteroatoms. The maximum absolute atomic E-state index is 11.5. The predicted molar refractivity (Wildman–Crippen MR) is 65.8 cm³/mol. The zero-order valence-electron chi connectivity index (χ0n) is 9.08. The van der Waals surface area contributed by atoms with Crippen LogP contribution in [0.1, 0.15) is 10.4 Å². The Kier molecular flexibility index (Phi) is 3.17. The van der Waals surface area contributed by atoms with E-state index >= 15 is 0 Å². The molecule has 2 rings (SSSR count). The number of esters is 1. The van der Waals surface area contributed by atoms with E-state index in [9.17, 15) is 4.79 Å². The van der Waals surface area contributed by atoms with Crippen molar-refractivity contribution in [3.63, 3.8) is 0 Å². The topological polar surface area (TPSA) is 54.5 Å². The SMILES string of the molecule is COC(=O)c1cc(-c2ccccc2)sc1[N+]#N. The second kappa shape index (κ2) is 4.76. The molecule has 1 aromatic heterocycles. The molecule has 0 N–H and O–H groups in total. The van der Waals surface area contributed by atoms with Crippen molar-refractivity contribution in [2.24, 2.45) is 0 Å². The lowest BCUT2D eigenvalue weighted by atomic mass is 10.1. The van der Waals surface area contributed by atoms with Gasteiger partial charge in [-0.3, -0.25) is 0 Å². The van der Waals surface area contributed by atoms with Gasteiger partial charge in [-0.1, -0.05) is 30.3 Å². The van der Waals surface area contributed by atoms with Gasteiger partial charge >= 0.3 is 11.0 Å². The van der Waals surface area contributed by atoms with Crippen molar-refractivity contribution in [3.05, 3.63) is 46.9 Å². The Hall–Kier alpha value is -2.19. The van der Waals surface area contributed by atoms with Gasteiger partial charge in [0.1, 0.15) is 0 Å². The van der Waals surface area contributed by atoms with Crippen LogP contribution in [0.3, 0.4) is 0 Å². The van der Waals surface area contributed by atoms with Crippen molar-refractivity contribution in [1.82, 2.24) is 0 Å². The summed E-state index contributed by atoms with van der Waals surface area (Å²) in [5, 5.41) is 9.11. The van der Waals surface area contributed by atoms with Gasteiger partial charge in [-0.25, -0.2) is 4.79 Å². The van der Waals surface area contributed by atoms with Gasteiger partial charge in [0.2, 0.25) is 5.39 Å². The monoisotopic (exact) mass is 245 g/mol. The van der Waals surface area contributed by atoms with Crippen LogP contribution in [0.15, 0.2) is 36.4 Å². The zero-order valence-corrected chi connectivity index (χ0v) is 9.90. The van der Waals surface area contributed by atoms with Gasteiger partial charge in [-0.2, -0.15) is 0 Å². The number of rotatable bonds is 2. The van der Waals surface area contributed by atoms with Crippen molar-refractivity contribution in [2.45, 2.75) is 0 Å². The number of hydrogen-bond donors (Lipinski definition) is 0. The second-order valence-corrected chi connectivity index (χ2v) is 4.32. The maximum atomic E-state index is 11.5.